The first-order chi connectivity index (χ1) is 10.7. The highest BCUT2D eigenvalue weighted by atomic mass is 16.5. The van der Waals surface area contributed by atoms with Crippen molar-refractivity contribution in [2.45, 2.75) is 26.8 Å². The van der Waals surface area contributed by atoms with E-state index in [1.165, 1.54) is 0 Å². The third-order valence-electron chi connectivity index (χ3n) is 3.86. The molecule has 0 heterocycles. The highest BCUT2D eigenvalue weighted by Gasteiger charge is 2.20. The van der Waals surface area contributed by atoms with Crippen LogP contribution >= 0.6 is 0 Å². The van der Waals surface area contributed by atoms with Crippen LogP contribution in [0, 0.1) is 0 Å². The second-order valence-electron chi connectivity index (χ2n) is 5.20. The molecule has 2 aromatic rings. The number of ketones is 1. The lowest BCUT2D eigenvalue weighted by Gasteiger charge is -2.25. The van der Waals surface area contributed by atoms with Gasteiger partial charge in [-0.2, -0.15) is 0 Å². The number of para-hydroxylation sites is 1. The number of benzene rings is 2. The molecule has 0 bridgehead atoms. The minimum absolute atomic E-state index is 0.101. The summed E-state index contributed by atoms with van der Waals surface area (Å²) in [6, 6.07) is 16.9. The summed E-state index contributed by atoms with van der Waals surface area (Å²) in [5.41, 5.74) is 0.722. The lowest BCUT2D eigenvalue weighted by molar-refractivity contribution is 0.0851. The predicted octanol–water partition coefficient (Wildman–Crippen LogP) is 4.39. The van der Waals surface area contributed by atoms with Gasteiger partial charge in [0.2, 0.25) is 0 Å². The van der Waals surface area contributed by atoms with Gasteiger partial charge in [-0.15, -0.1) is 0 Å². The van der Waals surface area contributed by atoms with Gasteiger partial charge in [0, 0.05) is 5.56 Å². The van der Waals surface area contributed by atoms with Gasteiger partial charge in [-0.1, -0.05) is 32.0 Å². The molecule has 1 unspecified atom stereocenters. The summed E-state index contributed by atoms with van der Waals surface area (Å²) in [5, 5.41) is 0. The van der Waals surface area contributed by atoms with E-state index in [0.717, 1.165) is 30.2 Å². The Labute approximate surface area is 132 Å². The molecule has 22 heavy (non-hydrogen) atoms. The molecule has 2 rings (SSSR count). The summed E-state index contributed by atoms with van der Waals surface area (Å²) in [6.45, 7) is 7.86. The molecular weight excluding hydrogens is 274 g/mol. The molecule has 0 aliphatic carbocycles. The largest absolute Gasteiger partial charge is 0.457 e. The number of hydrogen-bond acceptors (Lipinski definition) is 3. The van der Waals surface area contributed by atoms with Gasteiger partial charge >= 0.3 is 0 Å². The Morgan fingerprint density at radius 2 is 1.50 bits per heavy atom. The smallest absolute Gasteiger partial charge is 0.179 e. The van der Waals surface area contributed by atoms with E-state index in [2.05, 4.69) is 18.7 Å². The summed E-state index contributed by atoms with van der Waals surface area (Å²) >= 11 is 0. The van der Waals surface area contributed by atoms with Crippen LogP contribution in [0.1, 0.15) is 31.1 Å². The lowest BCUT2D eigenvalue weighted by Crippen LogP contribution is -2.38. The standard InChI is InChI=1S/C19H23NO2/c1-4-20(5-2)15(3)19(21)16-11-13-18(14-12-16)22-17-9-7-6-8-10-17/h6-15H,4-5H2,1-3H3. The quantitative estimate of drug-likeness (QED) is 0.710. The zero-order valence-corrected chi connectivity index (χ0v) is 13.5. The van der Waals surface area contributed by atoms with Crippen LogP contribution in [0.25, 0.3) is 0 Å². The van der Waals surface area contributed by atoms with Crippen molar-refractivity contribution in [1.29, 1.82) is 0 Å². The van der Waals surface area contributed by atoms with E-state index in [-0.39, 0.29) is 11.8 Å². The Hall–Kier alpha value is -2.13. The van der Waals surface area contributed by atoms with E-state index in [4.69, 9.17) is 4.74 Å². The number of carbonyl (C=O) groups is 1. The van der Waals surface area contributed by atoms with Crippen molar-refractivity contribution in [1.82, 2.24) is 4.90 Å². The maximum absolute atomic E-state index is 12.5. The van der Waals surface area contributed by atoms with E-state index in [0.29, 0.717) is 0 Å². The fourth-order valence-electron chi connectivity index (χ4n) is 2.49. The van der Waals surface area contributed by atoms with Gasteiger partial charge in [0.15, 0.2) is 5.78 Å². The molecule has 0 saturated heterocycles. The van der Waals surface area contributed by atoms with Gasteiger partial charge in [-0.25, -0.2) is 0 Å². The van der Waals surface area contributed by atoms with Crippen LogP contribution in [0.15, 0.2) is 54.6 Å². The van der Waals surface area contributed by atoms with Gasteiger partial charge in [-0.3, -0.25) is 9.69 Å². The lowest BCUT2D eigenvalue weighted by atomic mass is 10.0. The maximum Gasteiger partial charge on any atom is 0.179 e. The summed E-state index contributed by atoms with van der Waals surface area (Å²) in [7, 11) is 0. The average molecular weight is 297 g/mol. The van der Waals surface area contributed by atoms with Crippen molar-refractivity contribution in [2.75, 3.05) is 13.1 Å². The Balaban J connectivity index is 2.06. The van der Waals surface area contributed by atoms with Crippen molar-refractivity contribution in [3.8, 4) is 11.5 Å². The van der Waals surface area contributed by atoms with Crippen LogP contribution < -0.4 is 4.74 Å². The second kappa shape index (κ2) is 7.76. The van der Waals surface area contributed by atoms with Crippen LogP contribution in [0.3, 0.4) is 0 Å². The Kier molecular flexibility index (Phi) is 5.73. The fraction of sp³-hybridized carbons (Fsp3) is 0.316. The minimum Gasteiger partial charge on any atom is -0.457 e. The van der Waals surface area contributed by atoms with E-state index < -0.39 is 0 Å². The first-order valence-electron chi connectivity index (χ1n) is 7.77. The monoisotopic (exact) mass is 297 g/mol. The van der Waals surface area contributed by atoms with Gasteiger partial charge in [0.05, 0.1) is 6.04 Å². The molecule has 3 nitrogen and oxygen atoms in total. The van der Waals surface area contributed by atoms with Crippen LogP contribution in [-0.2, 0) is 0 Å². The molecule has 3 heteroatoms. The van der Waals surface area contributed by atoms with E-state index in [9.17, 15) is 4.79 Å². The second-order valence-corrected chi connectivity index (χ2v) is 5.20. The number of ether oxygens (including phenoxy) is 1. The first kappa shape index (κ1) is 16.2. The number of likely N-dealkylation sites (N-methyl/N-ethyl adjacent to an activating group) is 1. The number of carbonyl (C=O) groups excluding carboxylic acids is 1. The zero-order chi connectivity index (χ0) is 15.9. The molecule has 1 atom stereocenters. The highest BCUT2D eigenvalue weighted by molar-refractivity contribution is 5.99. The SMILES string of the molecule is CCN(CC)C(C)C(=O)c1ccc(Oc2ccccc2)cc1. The molecule has 116 valence electrons. The number of nitrogens with zero attached hydrogens (tertiary/aromatic N) is 1. The van der Waals surface area contributed by atoms with E-state index in [1.54, 1.807) is 0 Å². The number of rotatable bonds is 7. The fourth-order valence-corrected chi connectivity index (χ4v) is 2.49. The van der Waals surface area contributed by atoms with Gasteiger partial charge in [-0.05, 0) is 56.4 Å². The summed E-state index contributed by atoms with van der Waals surface area (Å²) < 4.78 is 5.74. The molecule has 0 spiro atoms. The van der Waals surface area contributed by atoms with Gasteiger partial charge in [0.25, 0.3) is 0 Å². The summed E-state index contributed by atoms with van der Waals surface area (Å²) in [5.74, 6) is 1.67. The van der Waals surface area contributed by atoms with Crippen LogP contribution in [0.2, 0.25) is 0 Å². The van der Waals surface area contributed by atoms with Gasteiger partial charge in [0.1, 0.15) is 11.5 Å². The Bertz CT molecular complexity index is 589. The molecule has 0 radical (unpaired) electrons. The van der Waals surface area contributed by atoms with Crippen LogP contribution in [-0.4, -0.2) is 29.8 Å². The van der Waals surface area contributed by atoms with Crippen molar-refractivity contribution < 1.29 is 9.53 Å². The molecule has 0 fully saturated rings. The van der Waals surface area contributed by atoms with E-state index >= 15 is 0 Å². The molecule has 0 aliphatic rings. The highest BCUT2D eigenvalue weighted by Crippen LogP contribution is 2.21. The first-order valence-corrected chi connectivity index (χ1v) is 7.77. The minimum atomic E-state index is -0.101. The predicted molar refractivity (Wildman–Crippen MR) is 89.7 cm³/mol. The third-order valence-corrected chi connectivity index (χ3v) is 3.86. The third kappa shape index (κ3) is 3.95. The Morgan fingerprint density at radius 1 is 0.955 bits per heavy atom. The molecule has 0 saturated carbocycles. The maximum atomic E-state index is 12.5. The summed E-state index contributed by atoms with van der Waals surface area (Å²) in [6.07, 6.45) is 0. The molecule has 0 N–H and O–H groups in total. The van der Waals surface area contributed by atoms with Crippen molar-refractivity contribution >= 4 is 5.78 Å². The van der Waals surface area contributed by atoms with Crippen LogP contribution in [0.5, 0.6) is 11.5 Å². The van der Waals surface area contributed by atoms with Crippen molar-refractivity contribution in [2.24, 2.45) is 0 Å². The number of hydrogen-bond donors (Lipinski definition) is 0. The molecule has 2 aromatic carbocycles. The normalized spacial score (nSPS) is 12.2. The van der Waals surface area contributed by atoms with Crippen molar-refractivity contribution in [3.63, 3.8) is 0 Å². The average Bonchev–Trinajstić information content (AvgIpc) is 2.57. The van der Waals surface area contributed by atoms with Crippen LogP contribution in [0.4, 0.5) is 0 Å². The number of Topliss-reactive ketones (excluding diaryl/α,β-unsaturated/α-hetero) is 1. The topological polar surface area (TPSA) is 29.5 Å². The van der Waals surface area contributed by atoms with E-state index in [1.807, 2.05) is 61.5 Å². The zero-order valence-electron chi connectivity index (χ0n) is 13.5. The van der Waals surface area contributed by atoms with Gasteiger partial charge < -0.3 is 4.74 Å². The molecule has 0 aliphatic heterocycles. The molecular formula is C19H23NO2. The molecule has 0 aromatic heterocycles. The molecule has 0 amide bonds. The Morgan fingerprint density at radius 3 is 2.05 bits per heavy atom. The summed E-state index contributed by atoms with van der Waals surface area (Å²) in [4.78, 5) is 14.6. The van der Waals surface area contributed by atoms with Crippen molar-refractivity contribution in [3.05, 3.63) is 60.2 Å².